The maximum absolute atomic E-state index is 12.0. The van der Waals surface area contributed by atoms with E-state index in [9.17, 15) is 14.4 Å². The van der Waals surface area contributed by atoms with Crippen molar-refractivity contribution in [1.29, 1.82) is 0 Å². The van der Waals surface area contributed by atoms with Crippen molar-refractivity contribution in [2.45, 2.75) is 26.8 Å². The minimum Gasteiger partial charge on any atom is -0.480 e. The summed E-state index contributed by atoms with van der Waals surface area (Å²) in [5.41, 5.74) is 0.756. The van der Waals surface area contributed by atoms with Gasteiger partial charge in [-0.2, -0.15) is 0 Å². The van der Waals surface area contributed by atoms with E-state index < -0.39 is 37.1 Å². The van der Waals surface area contributed by atoms with E-state index in [1.54, 1.807) is 26.8 Å². The van der Waals surface area contributed by atoms with Gasteiger partial charge in [0.15, 0.2) is 0 Å². The standard InChI is InChI=1S/C13H18N2O6/c1-7-4-10(9(3)21-7)8(2)14-13(20)15(5-11(16)17)6-12(18)19/h4,8H,5-6H2,1-3H3,(H,14,20)(H,16,17)(H,18,19). The molecule has 2 amide bonds. The maximum atomic E-state index is 12.0. The predicted octanol–water partition coefficient (Wildman–Crippen LogP) is 1.14. The summed E-state index contributed by atoms with van der Waals surface area (Å²) >= 11 is 0. The average Bonchev–Trinajstić information content (AvgIpc) is 2.66. The van der Waals surface area contributed by atoms with Gasteiger partial charge < -0.3 is 24.8 Å². The van der Waals surface area contributed by atoms with Gasteiger partial charge in [-0.3, -0.25) is 9.59 Å². The van der Waals surface area contributed by atoms with Gasteiger partial charge in [-0.15, -0.1) is 0 Å². The van der Waals surface area contributed by atoms with E-state index in [1.165, 1.54) is 0 Å². The van der Waals surface area contributed by atoms with Crippen molar-refractivity contribution in [1.82, 2.24) is 10.2 Å². The Kier molecular flexibility index (Phi) is 5.34. The summed E-state index contributed by atoms with van der Waals surface area (Å²) in [7, 11) is 0. The molecule has 0 radical (unpaired) electrons. The number of nitrogens with zero attached hydrogens (tertiary/aromatic N) is 1. The molecule has 116 valence electrons. The van der Waals surface area contributed by atoms with Crippen molar-refractivity contribution in [3.63, 3.8) is 0 Å². The summed E-state index contributed by atoms with van der Waals surface area (Å²) in [5.74, 6) is -1.23. The number of carboxylic acid groups (broad SMARTS) is 2. The molecule has 1 rings (SSSR count). The molecule has 0 aliphatic rings. The first-order valence-corrected chi connectivity index (χ1v) is 6.26. The molecule has 0 saturated carbocycles. The van der Waals surface area contributed by atoms with Crippen LogP contribution in [0, 0.1) is 13.8 Å². The SMILES string of the molecule is Cc1cc(C(C)NC(=O)N(CC(=O)O)CC(=O)O)c(C)o1. The fourth-order valence-electron chi connectivity index (χ4n) is 1.96. The highest BCUT2D eigenvalue weighted by Gasteiger charge is 2.22. The van der Waals surface area contributed by atoms with E-state index in [0.717, 1.165) is 5.56 Å². The highest BCUT2D eigenvalue weighted by molar-refractivity contribution is 5.84. The van der Waals surface area contributed by atoms with Gasteiger partial charge >= 0.3 is 18.0 Å². The van der Waals surface area contributed by atoms with Crippen LogP contribution in [-0.2, 0) is 9.59 Å². The topological polar surface area (TPSA) is 120 Å². The Hall–Kier alpha value is -2.51. The summed E-state index contributed by atoms with van der Waals surface area (Å²) in [6.45, 7) is 3.85. The Bertz CT molecular complexity index is 535. The number of carbonyl (C=O) groups excluding carboxylic acids is 1. The van der Waals surface area contributed by atoms with Crippen molar-refractivity contribution >= 4 is 18.0 Å². The molecule has 0 saturated heterocycles. The largest absolute Gasteiger partial charge is 0.480 e. The van der Waals surface area contributed by atoms with Gasteiger partial charge in [-0.05, 0) is 26.8 Å². The van der Waals surface area contributed by atoms with Gasteiger partial charge in [0.05, 0.1) is 6.04 Å². The fraction of sp³-hybridized carbons (Fsp3) is 0.462. The monoisotopic (exact) mass is 298 g/mol. The Morgan fingerprint density at radius 1 is 1.24 bits per heavy atom. The highest BCUT2D eigenvalue weighted by atomic mass is 16.4. The molecule has 0 aliphatic heterocycles. The Morgan fingerprint density at radius 3 is 2.14 bits per heavy atom. The average molecular weight is 298 g/mol. The third-order valence-electron chi connectivity index (χ3n) is 2.83. The number of carboxylic acids is 2. The molecule has 3 N–H and O–H groups in total. The van der Waals surface area contributed by atoms with Crippen LogP contribution in [0.25, 0.3) is 0 Å². The minimum atomic E-state index is -1.28. The number of hydrogen-bond donors (Lipinski definition) is 3. The van der Waals surface area contributed by atoms with E-state index >= 15 is 0 Å². The number of hydrogen-bond acceptors (Lipinski definition) is 4. The van der Waals surface area contributed by atoms with Crippen LogP contribution in [0.1, 0.15) is 30.0 Å². The van der Waals surface area contributed by atoms with Crippen LogP contribution in [0.3, 0.4) is 0 Å². The van der Waals surface area contributed by atoms with Gasteiger partial charge in [0.1, 0.15) is 24.6 Å². The van der Waals surface area contributed by atoms with E-state index in [1.807, 2.05) is 0 Å². The number of amides is 2. The van der Waals surface area contributed by atoms with Gasteiger partial charge in [0.25, 0.3) is 0 Å². The molecule has 0 aliphatic carbocycles. The summed E-state index contributed by atoms with van der Waals surface area (Å²) in [5, 5.41) is 20.0. The zero-order valence-corrected chi connectivity index (χ0v) is 12.0. The smallest absolute Gasteiger partial charge is 0.323 e. The van der Waals surface area contributed by atoms with Crippen molar-refractivity contribution in [2.75, 3.05) is 13.1 Å². The highest BCUT2D eigenvalue weighted by Crippen LogP contribution is 2.21. The first-order valence-electron chi connectivity index (χ1n) is 6.26. The third-order valence-corrected chi connectivity index (χ3v) is 2.83. The lowest BCUT2D eigenvalue weighted by Crippen LogP contribution is -2.46. The molecule has 1 aromatic rings. The van der Waals surface area contributed by atoms with E-state index in [-0.39, 0.29) is 0 Å². The number of urea groups is 1. The molecular formula is C13H18N2O6. The molecule has 1 heterocycles. The van der Waals surface area contributed by atoms with Crippen LogP contribution >= 0.6 is 0 Å². The molecule has 0 spiro atoms. The van der Waals surface area contributed by atoms with Crippen LogP contribution in [-0.4, -0.2) is 46.2 Å². The Labute approximate surface area is 121 Å². The van der Waals surface area contributed by atoms with Crippen LogP contribution < -0.4 is 5.32 Å². The van der Waals surface area contributed by atoms with E-state index in [2.05, 4.69) is 5.32 Å². The molecule has 1 atom stereocenters. The van der Waals surface area contributed by atoms with Crippen molar-refractivity contribution in [2.24, 2.45) is 0 Å². The summed E-state index contributed by atoms with van der Waals surface area (Å²) in [6.07, 6.45) is 0. The second kappa shape index (κ2) is 6.78. The molecule has 21 heavy (non-hydrogen) atoms. The quantitative estimate of drug-likeness (QED) is 0.724. The summed E-state index contributed by atoms with van der Waals surface area (Å²) < 4.78 is 5.35. The van der Waals surface area contributed by atoms with E-state index in [4.69, 9.17) is 14.6 Å². The van der Waals surface area contributed by atoms with Crippen LogP contribution in [0.5, 0.6) is 0 Å². The number of aliphatic carboxylic acids is 2. The lowest BCUT2D eigenvalue weighted by molar-refractivity contribution is -0.140. The second-order valence-corrected chi connectivity index (χ2v) is 4.68. The Morgan fingerprint density at radius 2 is 1.76 bits per heavy atom. The number of carbonyl (C=O) groups is 3. The molecule has 0 aromatic carbocycles. The first-order chi connectivity index (χ1) is 9.70. The summed E-state index contributed by atoms with van der Waals surface area (Å²) in [4.78, 5) is 34.0. The molecule has 0 fully saturated rings. The number of rotatable bonds is 6. The maximum Gasteiger partial charge on any atom is 0.323 e. The first kappa shape index (κ1) is 16.5. The lowest BCUT2D eigenvalue weighted by Gasteiger charge is -2.22. The van der Waals surface area contributed by atoms with Crippen molar-refractivity contribution < 1.29 is 29.0 Å². The molecule has 1 unspecified atom stereocenters. The molecular weight excluding hydrogens is 280 g/mol. The normalized spacial score (nSPS) is 11.8. The lowest BCUT2D eigenvalue weighted by atomic mass is 10.1. The third kappa shape index (κ3) is 4.83. The van der Waals surface area contributed by atoms with Gasteiger partial charge in [0.2, 0.25) is 0 Å². The van der Waals surface area contributed by atoms with Crippen LogP contribution in [0.2, 0.25) is 0 Å². The number of furan rings is 1. The zero-order chi connectivity index (χ0) is 16.2. The van der Waals surface area contributed by atoms with Crippen LogP contribution in [0.4, 0.5) is 4.79 Å². The molecule has 1 aromatic heterocycles. The van der Waals surface area contributed by atoms with Gasteiger partial charge in [-0.25, -0.2) is 4.79 Å². The van der Waals surface area contributed by atoms with Crippen LogP contribution in [0.15, 0.2) is 10.5 Å². The Balaban J connectivity index is 2.78. The zero-order valence-electron chi connectivity index (χ0n) is 12.0. The number of aryl methyl sites for hydroxylation is 2. The minimum absolute atomic E-state index is 0.431. The van der Waals surface area contributed by atoms with Crippen molar-refractivity contribution in [3.05, 3.63) is 23.2 Å². The van der Waals surface area contributed by atoms with Gasteiger partial charge in [0, 0.05) is 5.56 Å². The number of nitrogens with one attached hydrogen (secondary N) is 1. The molecule has 8 nitrogen and oxygen atoms in total. The van der Waals surface area contributed by atoms with Gasteiger partial charge in [-0.1, -0.05) is 0 Å². The van der Waals surface area contributed by atoms with E-state index in [0.29, 0.717) is 16.4 Å². The molecule has 0 bridgehead atoms. The van der Waals surface area contributed by atoms with Crippen molar-refractivity contribution in [3.8, 4) is 0 Å². The predicted molar refractivity (Wildman–Crippen MR) is 72.0 cm³/mol. The molecule has 8 heteroatoms. The second-order valence-electron chi connectivity index (χ2n) is 4.68. The fourth-order valence-corrected chi connectivity index (χ4v) is 1.96. The summed E-state index contributed by atoms with van der Waals surface area (Å²) in [6, 6.07) is 0.574.